The number of nitrogens with zero attached hydrogens (tertiary/aromatic N) is 3. The molecule has 208 valence electrons. The van der Waals surface area contributed by atoms with Crippen LogP contribution in [0.5, 0.6) is 0 Å². The van der Waals surface area contributed by atoms with Gasteiger partial charge in [-0.3, -0.25) is 9.79 Å². The first-order valence-corrected chi connectivity index (χ1v) is 14.1. The summed E-state index contributed by atoms with van der Waals surface area (Å²) in [6.45, 7) is 5.40. The molecular weight excluding hydrogens is 529 g/mol. The van der Waals surface area contributed by atoms with Crippen LogP contribution in [0.2, 0.25) is 10.0 Å². The predicted octanol–water partition coefficient (Wildman–Crippen LogP) is 6.63. The minimum absolute atomic E-state index is 0.146. The van der Waals surface area contributed by atoms with E-state index < -0.39 is 5.91 Å². The van der Waals surface area contributed by atoms with Crippen molar-refractivity contribution in [3.8, 4) is 0 Å². The number of unbranched alkanes of at least 4 members (excludes halogenated alkanes) is 1. The fourth-order valence-corrected chi connectivity index (χ4v) is 4.81. The molecule has 0 saturated heterocycles. The topological polar surface area (TPSA) is 74.0 Å². The quantitative estimate of drug-likeness (QED) is 0.138. The van der Waals surface area contributed by atoms with Crippen LogP contribution >= 0.6 is 23.2 Å². The highest BCUT2D eigenvalue weighted by molar-refractivity contribution is 6.35. The summed E-state index contributed by atoms with van der Waals surface area (Å²) in [6, 6.07) is 23.8. The number of amides is 1. The van der Waals surface area contributed by atoms with Gasteiger partial charge in [-0.2, -0.15) is 0 Å². The SMILES string of the molecule is CCCC/N=C(/Nc1ccc(C(CC(N)=O)c2ccc(Cl)cc2Cl)cc1)N(CCN(C)C)Cc1ccccc1. The lowest BCUT2D eigenvalue weighted by molar-refractivity contribution is -0.118. The van der Waals surface area contributed by atoms with E-state index in [0.29, 0.717) is 10.0 Å². The molecule has 0 radical (unpaired) electrons. The van der Waals surface area contributed by atoms with Crippen LogP contribution in [0.1, 0.15) is 48.8 Å². The number of carbonyl (C=O) groups is 1. The van der Waals surface area contributed by atoms with E-state index >= 15 is 0 Å². The maximum Gasteiger partial charge on any atom is 0.218 e. The van der Waals surface area contributed by atoms with Gasteiger partial charge >= 0.3 is 0 Å². The van der Waals surface area contributed by atoms with Crippen LogP contribution in [0.4, 0.5) is 5.69 Å². The molecule has 0 fully saturated rings. The third kappa shape index (κ3) is 9.88. The molecule has 0 aliphatic rings. The summed E-state index contributed by atoms with van der Waals surface area (Å²) in [6.07, 6.45) is 2.25. The van der Waals surface area contributed by atoms with E-state index in [0.717, 1.165) is 61.8 Å². The Labute approximate surface area is 242 Å². The molecule has 0 spiro atoms. The molecule has 0 heterocycles. The summed E-state index contributed by atoms with van der Waals surface area (Å²) in [5, 5.41) is 4.63. The van der Waals surface area contributed by atoms with Crippen molar-refractivity contribution in [1.29, 1.82) is 0 Å². The van der Waals surface area contributed by atoms with E-state index in [1.54, 1.807) is 12.1 Å². The highest BCUT2D eigenvalue weighted by Gasteiger charge is 2.20. The highest BCUT2D eigenvalue weighted by Crippen LogP contribution is 2.35. The van der Waals surface area contributed by atoms with E-state index in [1.165, 1.54) is 5.56 Å². The Morgan fingerprint density at radius 1 is 1.00 bits per heavy atom. The summed E-state index contributed by atoms with van der Waals surface area (Å²) in [5.74, 6) is 0.182. The number of nitrogens with one attached hydrogen (secondary N) is 1. The lowest BCUT2D eigenvalue weighted by Crippen LogP contribution is -2.40. The molecule has 1 unspecified atom stereocenters. The van der Waals surface area contributed by atoms with Gasteiger partial charge in [-0.15, -0.1) is 0 Å². The second kappa shape index (κ2) is 15.5. The Balaban J connectivity index is 1.88. The average molecular weight is 569 g/mol. The first kappa shape index (κ1) is 30.5. The third-order valence-electron chi connectivity index (χ3n) is 6.42. The number of guanidine groups is 1. The molecule has 39 heavy (non-hydrogen) atoms. The number of carbonyl (C=O) groups excluding carboxylic acids is 1. The summed E-state index contributed by atoms with van der Waals surface area (Å²) < 4.78 is 0. The Hall–Kier alpha value is -3.06. The molecule has 3 aromatic carbocycles. The van der Waals surface area contributed by atoms with Crippen LogP contribution in [0.3, 0.4) is 0 Å². The Kier molecular flexibility index (Phi) is 12.1. The molecule has 8 heteroatoms. The van der Waals surface area contributed by atoms with Gasteiger partial charge in [-0.05, 0) is 61.5 Å². The van der Waals surface area contributed by atoms with Crippen LogP contribution in [-0.4, -0.2) is 55.4 Å². The van der Waals surface area contributed by atoms with Crippen molar-refractivity contribution in [3.05, 3.63) is 99.5 Å². The first-order chi connectivity index (χ1) is 18.8. The normalized spacial score (nSPS) is 12.4. The smallest absolute Gasteiger partial charge is 0.218 e. The molecule has 0 aliphatic carbocycles. The minimum Gasteiger partial charge on any atom is -0.370 e. The van der Waals surface area contributed by atoms with Crippen molar-refractivity contribution in [3.63, 3.8) is 0 Å². The van der Waals surface area contributed by atoms with Crippen LogP contribution < -0.4 is 11.1 Å². The summed E-state index contributed by atoms with van der Waals surface area (Å²) in [4.78, 5) is 21.4. The maximum absolute atomic E-state index is 11.9. The zero-order valence-electron chi connectivity index (χ0n) is 23.0. The molecule has 1 atom stereocenters. The number of anilines is 1. The van der Waals surface area contributed by atoms with E-state index in [9.17, 15) is 4.79 Å². The first-order valence-electron chi connectivity index (χ1n) is 13.3. The van der Waals surface area contributed by atoms with Gasteiger partial charge in [0.05, 0.1) is 0 Å². The number of aliphatic imine (C=N–C) groups is 1. The van der Waals surface area contributed by atoms with E-state index in [4.69, 9.17) is 33.9 Å². The van der Waals surface area contributed by atoms with Gasteiger partial charge in [-0.1, -0.05) is 85.1 Å². The second-order valence-corrected chi connectivity index (χ2v) is 10.7. The fourth-order valence-electron chi connectivity index (χ4n) is 4.27. The summed E-state index contributed by atoms with van der Waals surface area (Å²) in [7, 11) is 4.16. The number of hydrogen-bond donors (Lipinski definition) is 2. The molecule has 3 N–H and O–H groups in total. The number of nitrogens with two attached hydrogens (primary N) is 1. The van der Waals surface area contributed by atoms with Crippen LogP contribution in [0.15, 0.2) is 77.8 Å². The molecule has 3 rings (SSSR count). The maximum atomic E-state index is 11.9. The van der Waals surface area contributed by atoms with Gasteiger partial charge in [0.25, 0.3) is 0 Å². The van der Waals surface area contributed by atoms with Crippen molar-refractivity contribution >= 4 is 40.8 Å². The Morgan fingerprint density at radius 3 is 2.33 bits per heavy atom. The van der Waals surface area contributed by atoms with E-state index in [1.807, 2.05) is 36.4 Å². The summed E-state index contributed by atoms with van der Waals surface area (Å²) in [5.41, 5.74) is 9.51. The standard InChI is InChI=1S/C31H39Cl2N5O/c1-4-5-17-35-31(38(19-18-37(2)3)22-23-9-7-6-8-10-23)36-26-14-11-24(12-15-26)28(21-30(34)39)27-16-13-25(32)20-29(27)33/h6-16,20,28H,4-5,17-19,21-22H2,1-3H3,(H2,34,39)(H,35,36). The second-order valence-electron chi connectivity index (χ2n) is 9.91. The largest absolute Gasteiger partial charge is 0.370 e. The fraction of sp³-hybridized carbons (Fsp3) is 0.355. The van der Waals surface area contributed by atoms with E-state index in [-0.39, 0.29) is 12.3 Å². The molecule has 0 bridgehead atoms. The Morgan fingerprint density at radius 2 is 1.72 bits per heavy atom. The van der Waals surface area contributed by atoms with Crippen molar-refractivity contribution in [2.45, 2.75) is 38.6 Å². The minimum atomic E-state index is -0.393. The lowest BCUT2D eigenvalue weighted by atomic mass is 9.88. The van der Waals surface area contributed by atoms with Gasteiger partial charge in [0.15, 0.2) is 5.96 Å². The van der Waals surface area contributed by atoms with Gasteiger partial charge in [0.1, 0.15) is 0 Å². The lowest BCUT2D eigenvalue weighted by Gasteiger charge is -2.28. The van der Waals surface area contributed by atoms with Gasteiger partial charge in [0.2, 0.25) is 5.91 Å². The van der Waals surface area contributed by atoms with Crippen LogP contribution in [0, 0.1) is 0 Å². The Bertz CT molecular complexity index is 1220. The zero-order valence-corrected chi connectivity index (χ0v) is 24.6. The zero-order chi connectivity index (χ0) is 28.2. The van der Waals surface area contributed by atoms with Crippen molar-refractivity contribution in [1.82, 2.24) is 9.80 Å². The predicted molar refractivity (Wildman–Crippen MR) is 165 cm³/mol. The number of likely N-dealkylation sites (N-methyl/N-ethyl adjacent to an activating group) is 1. The molecule has 1 amide bonds. The van der Waals surface area contributed by atoms with Crippen LogP contribution in [0.25, 0.3) is 0 Å². The highest BCUT2D eigenvalue weighted by atomic mass is 35.5. The molecule has 0 aromatic heterocycles. The van der Waals surface area contributed by atoms with Gasteiger partial charge < -0.3 is 20.9 Å². The molecule has 6 nitrogen and oxygen atoms in total. The third-order valence-corrected chi connectivity index (χ3v) is 6.98. The average Bonchev–Trinajstić information content (AvgIpc) is 2.90. The van der Waals surface area contributed by atoms with E-state index in [2.05, 4.69) is 60.4 Å². The molecular formula is C31H39Cl2N5O. The monoisotopic (exact) mass is 567 g/mol. The van der Waals surface area contributed by atoms with Crippen LogP contribution in [-0.2, 0) is 11.3 Å². The number of halogens is 2. The molecule has 0 aliphatic heterocycles. The number of hydrogen-bond acceptors (Lipinski definition) is 3. The van der Waals surface area contributed by atoms with Crippen molar-refractivity contribution < 1.29 is 4.79 Å². The number of benzene rings is 3. The number of rotatable bonds is 13. The van der Waals surface area contributed by atoms with Crippen molar-refractivity contribution in [2.75, 3.05) is 39.0 Å². The molecule has 3 aromatic rings. The van der Waals surface area contributed by atoms with Gasteiger partial charge in [-0.25, -0.2) is 0 Å². The number of primary amides is 1. The molecule has 0 saturated carbocycles. The van der Waals surface area contributed by atoms with Gasteiger partial charge in [0, 0.05) is 54.3 Å². The summed E-state index contributed by atoms with van der Waals surface area (Å²) >= 11 is 12.6. The van der Waals surface area contributed by atoms with Crippen molar-refractivity contribution in [2.24, 2.45) is 10.7 Å².